The summed E-state index contributed by atoms with van der Waals surface area (Å²) in [5.74, 6) is 0. The molecule has 0 aliphatic carbocycles. The number of anilines is 1. The predicted molar refractivity (Wildman–Crippen MR) is 78.8 cm³/mol. The maximum absolute atomic E-state index is 9.48. The van der Waals surface area contributed by atoms with E-state index in [1.807, 2.05) is 6.92 Å². The van der Waals surface area contributed by atoms with Gasteiger partial charge in [-0.05, 0) is 59.8 Å². The summed E-state index contributed by atoms with van der Waals surface area (Å²) in [6, 6.07) is 6.56. The highest BCUT2D eigenvalue weighted by Gasteiger charge is 2.23. The van der Waals surface area contributed by atoms with Gasteiger partial charge in [0.2, 0.25) is 0 Å². The molecule has 2 unspecified atom stereocenters. The van der Waals surface area contributed by atoms with Crippen LogP contribution in [0.25, 0.3) is 0 Å². The Balaban J connectivity index is 2.26. The summed E-state index contributed by atoms with van der Waals surface area (Å²) in [6.45, 7) is 3.22. The van der Waals surface area contributed by atoms with E-state index in [-0.39, 0.29) is 18.7 Å². The highest BCUT2D eigenvalue weighted by atomic mass is 79.9. The molecule has 1 aliphatic heterocycles. The minimum atomic E-state index is 0.0466. The predicted octanol–water partition coefficient (Wildman–Crippen LogP) is 2.82. The fourth-order valence-electron chi connectivity index (χ4n) is 2.55. The molecule has 0 bridgehead atoms. The number of nitrogens with two attached hydrogens (primary N) is 1. The van der Waals surface area contributed by atoms with Gasteiger partial charge in [-0.1, -0.05) is 6.07 Å². The molecule has 0 radical (unpaired) electrons. The summed E-state index contributed by atoms with van der Waals surface area (Å²) < 4.78 is 1.07. The lowest BCUT2D eigenvalue weighted by atomic mass is 10.0. The van der Waals surface area contributed by atoms with Gasteiger partial charge in [-0.15, -0.1) is 0 Å². The molecular formula is C14H21BrN2O. The van der Waals surface area contributed by atoms with Crippen molar-refractivity contribution in [3.05, 3.63) is 28.2 Å². The Hall–Kier alpha value is -0.580. The van der Waals surface area contributed by atoms with Crippen LogP contribution < -0.4 is 10.6 Å². The Labute approximate surface area is 117 Å². The quantitative estimate of drug-likeness (QED) is 0.902. The molecular weight excluding hydrogens is 292 g/mol. The highest BCUT2D eigenvalue weighted by molar-refractivity contribution is 9.10. The van der Waals surface area contributed by atoms with Gasteiger partial charge >= 0.3 is 0 Å². The molecule has 3 N–H and O–H groups in total. The van der Waals surface area contributed by atoms with E-state index in [2.05, 4.69) is 39.0 Å². The molecule has 1 aromatic carbocycles. The fourth-order valence-corrected chi connectivity index (χ4v) is 3.17. The standard InChI is InChI=1S/C14H21BrN2O/c1-10(16)11-5-6-14(13(15)8-11)17-7-3-2-4-12(17)9-18/h5-6,8,10,12,18H,2-4,7,9,16H2,1H3. The van der Waals surface area contributed by atoms with E-state index < -0.39 is 0 Å². The second-order valence-electron chi connectivity index (χ2n) is 5.03. The molecule has 0 spiro atoms. The van der Waals surface area contributed by atoms with Gasteiger partial charge < -0.3 is 15.7 Å². The van der Waals surface area contributed by atoms with Crippen molar-refractivity contribution in [3.8, 4) is 0 Å². The average Bonchev–Trinajstić information content (AvgIpc) is 2.38. The van der Waals surface area contributed by atoms with Gasteiger partial charge in [0.1, 0.15) is 0 Å². The van der Waals surface area contributed by atoms with Crippen LogP contribution in [0.2, 0.25) is 0 Å². The number of aliphatic hydroxyl groups is 1. The second kappa shape index (κ2) is 6.04. The van der Waals surface area contributed by atoms with E-state index in [4.69, 9.17) is 5.73 Å². The molecule has 1 saturated heterocycles. The molecule has 1 fully saturated rings. The molecule has 0 amide bonds. The summed E-state index contributed by atoms with van der Waals surface area (Å²) in [7, 11) is 0. The Morgan fingerprint density at radius 3 is 2.89 bits per heavy atom. The lowest BCUT2D eigenvalue weighted by Gasteiger charge is -2.37. The molecule has 0 aromatic heterocycles. The molecule has 100 valence electrons. The maximum atomic E-state index is 9.48. The largest absolute Gasteiger partial charge is 0.394 e. The van der Waals surface area contributed by atoms with Crippen molar-refractivity contribution in [2.45, 2.75) is 38.3 Å². The Kier molecular flexibility index (Phi) is 4.65. The number of rotatable bonds is 3. The van der Waals surface area contributed by atoms with Crippen LogP contribution in [-0.2, 0) is 0 Å². The van der Waals surface area contributed by atoms with Crippen molar-refractivity contribution in [1.29, 1.82) is 0 Å². The summed E-state index contributed by atoms with van der Waals surface area (Å²) in [5.41, 5.74) is 8.18. The van der Waals surface area contributed by atoms with E-state index in [1.54, 1.807) is 0 Å². The third-order valence-corrected chi connectivity index (χ3v) is 4.28. The van der Waals surface area contributed by atoms with Crippen molar-refractivity contribution in [2.75, 3.05) is 18.1 Å². The van der Waals surface area contributed by atoms with Crippen molar-refractivity contribution in [2.24, 2.45) is 5.73 Å². The summed E-state index contributed by atoms with van der Waals surface area (Å²) in [6.07, 6.45) is 3.47. The minimum Gasteiger partial charge on any atom is -0.394 e. The Morgan fingerprint density at radius 1 is 1.50 bits per heavy atom. The Bertz CT molecular complexity index is 409. The maximum Gasteiger partial charge on any atom is 0.0635 e. The van der Waals surface area contributed by atoms with Gasteiger partial charge in [-0.2, -0.15) is 0 Å². The number of nitrogens with zero attached hydrogens (tertiary/aromatic N) is 1. The van der Waals surface area contributed by atoms with E-state index in [9.17, 15) is 5.11 Å². The van der Waals surface area contributed by atoms with Crippen LogP contribution >= 0.6 is 15.9 Å². The third kappa shape index (κ3) is 2.87. The highest BCUT2D eigenvalue weighted by Crippen LogP contribution is 2.33. The monoisotopic (exact) mass is 312 g/mol. The van der Waals surface area contributed by atoms with Gasteiger partial charge in [0, 0.05) is 17.1 Å². The summed E-state index contributed by atoms with van der Waals surface area (Å²) >= 11 is 3.63. The molecule has 2 rings (SSSR count). The van der Waals surface area contributed by atoms with E-state index in [0.29, 0.717) is 0 Å². The minimum absolute atomic E-state index is 0.0466. The molecule has 1 heterocycles. The van der Waals surface area contributed by atoms with Crippen molar-refractivity contribution in [3.63, 3.8) is 0 Å². The normalized spacial score (nSPS) is 22.0. The van der Waals surface area contributed by atoms with Crippen molar-refractivity contribution in [1.82, 2.24) is 0 Å². The SMILES string of the molecule is CC(N)c1ccc(N2CCCCC2CO)c(Br)c1. The van der Waals surface area contributed by atoms with Crippen LogP contribution in [0.5, 0.6) is 0 Å². The molecule has 18 heavy (non-hydrogen) atoms. The van der Waals surface area contributed by atoms with Gasteiger partial charge in [0.15, 0.2) is 0 Å². The van der Waals surface area contributed by atoms with Gasteiger partial charge in [0.25, 0.3) is 0 Å². The first-order chi connectivity index (χ1) is 8.63. The first-order valence-electron chi connectivity index (χ1n) is 6.56. The molecule has 4 heteroatoms. The van der Waals surface area contributed by atoms with Crippen LogP contribution in [-0.4, -0.2) is 24.3 Å². The smallest absolute Gasteiger partial charge is 0.0635 e. The van der Waals surface area contributed by atoms with Crippen LogP contribution in [0.3, 0.4) is 0 Å². The van der Waals surface area contributed by atoms with Crippen LogP contribution in [0, 0.1) is 0 Å². The van der Waals surface area contributed by atoms with Crippen molar-refractivity contribution < 1.29 is 5.11 Å². The van der Waals surface area contributed by atoms with E-state index in [0.717, 1.165) is 28.7 Å². The molecule has 2 atom stereocenters. The van der Waals surface area contributed by atoms with Crippen LogP contribution in [0.15, 0.2) is 22.7 Å². The van der Waals surface area contributed by atoms with Gasteiger partial charge in [0.05, 0.1) is 18.3 Å². The summed E-state index contributed by atoms with van der Waals surface area (Å²) in [4.78, 5) is 2.30. The van der Waals surface area contributed by atoms with E-state index >= 15 is 0 Å². The molecule has 3 nitrogen and oxygen atoms in total. The number of benzene rings is 1. The van der Waals surface area contributed by atoms with Crippen LogP contribution in [0.1, 0.15) is 37.8 Å². The van der Waals surface area contributed by atoms with Crippen molar-refractivity contribution >= 4 is 21.6 Å². The number of hydrogen-bond donors (Lipinski definition) is 2. The zero-order chi connectivity index (χ0) is 13.1. The lowest BCUT2D eigenvalue weighted by Crippen LogP contribution is -2.42. The number of hydrogen-bond acceptors (Lipinski definition) is 3. The van der Waals surface area contributed by atoms with Gasteiger partial charge in [-0.25, -0.2) is 0 Å². The number of aliphatic hydroxyl groups excluding tert-OH is 1. The zero-order valence-corrected chi connectivity index (χ0v) is 12.4. The first kappa shape index (κ1) is 13.8. The zero-order valence-electron chi connectivity index (χ0n) is 10.8. The summed E-state index contributed by atoms with van der Waals surface area (Å²) in [5, 5.41) is 9.48. The van der Waals surface area contributed by atoms with Crippen LogP contribution in [0.4, 0.5) is 5.69 Å². The average molecular weight is 313 g/mol. The number of piperidine rings is 1. The first-order valence-corrected chi connectivity index (χ1v) is 7.35. The molecule has 0 saturated carbocycles. The van der Waals surface area contributed by atoms with Gasteiger partial charge in [-0.3, -0.25) is 0 Å². The second-order valence-corrected chi connectivity index (χ2v) is 5.88. The molecule has 1 aliphatic rings. The topological polar surface area (TPSA) is 49.5 Å². The third-order valence-electron chi connectivity index (χ3n) is 3.64. The fraction of sp³-hybridized carbons (Fsp3) is 0.571. The lowest BCUT2D eigenvalue weighted by molar-refractivity contribution is 0.240. The number of halogens is 1. The Morgan fingerprint density at radius 2 is 2.28 bits per heavy atom. The van der Waals surface area contributed by atoms with E-state index in [1.165, 1.54) is 12.8 Å². The molecule has 1 aromatic rings.